The Bertz CT molecular complexity index is 1560. The molecule has 2 aliphatic heterocycles. The molecule has 2 spiro atoms. The first-order chi connectivity index (χ1) is 20.8. The highest BCUT2D eigenvalue weighted by atomic mass is 32.2. The van der Waals surface area contributed by atoms with Gasteiger partial charge in [0.25, 0.3) is 5.91 Å². The van der Waals surface area contributed by atoms with Gasteiger partial charge in [-0.15, -0.1) is 5.10 Å². The van der Waals surface area contributed by atoms with E-state index in [1.165, 1.54) is 37.6 Å². The van der Waals surface area contributed by atoms with E-state index in [0.29, 0.717) is 34.0 Å². The Morgan fingerprint density at radius 1 is 1.09 bits per heavy atom. The predicted octanol–water partition coefficient (Wildman–Crippen LogP) is 6.18. The Morgan fingerprint density at radius 2 is 1.91 bits per heavy atom. The lowest BCUT2D eigenvalue weighted by Gasteiger charge is -2.34. The van der Waals surface area contributed by atoms with Gasteiger partial charge in [0.05, 0.1) is 12.2 Å². The number of aromatic nitrogens is 4. The Balaban J connectivity index is 1.07. The molecule has 10 heteroatoms. The molecular formula is C33H41N7O2S. The van der Waals surface area contributed by atoms with Gasteiger partial charge in [-0.25, -0.2) is 14.6 Å². The van der Waals surface area contributed by atoms with Crippen LogP contribution in [0.2, 0.25) is 0 Å². The van der Waals surface area contributed by atoms with Gasteiger partial charge in [0.2, 0.25) is 5.88 Å². The maximum absolute atomic E-state index is 13.7. The van der Waals surface area contributed by atoms with Crippen LogP contribution in [-0.2, 0) is 0 Å². The molecule has 0 aromatic carbocycles. The standard InChI is InChI=1S/C33H41N7O2S/c1-21-18-23-29(36-28(21)40-16-9-26(37-40)42-17-10-24-32(11-12-32)33(24)13-14-33)39-20-22(19-31(39,2)3)6-5-15-34-25-7-4-8-27(35-25)43-38-30(23)41/h4,7-9,16,18,22,24H,5-6,10-15,17,19-20H2,1-3H3,(H,34,35)(H,38,41). The highest BCUT2D eigenvalue weighted by molar-refractivity contribution is 7.97. The number of pyridine rings is 2. The number of amides is 1. The number of hydrogen-bond acceptors (Lipinski definition) is 8. The lowest BCUT2D eigenvalue weighted by Crippen LogP contribution is -2.40. The first-order valence-corrected chi connectivity index (χ1v) is 16.8. The van der Waals surface area contributed by atoms with Crippen LogP contribution >= 0.6 is 11.9 Å². The average Bonchev–Trinajstić information content (AvgIpc) is 3.94. The van der Waals surface area contributed by atoms with Crippen molar-refractivity contribution in [1.29, 1.82) is 0 Å². The summed E-state index contributed by atoms with van der Waals surface area (Å²) in [6.45, 7) is 8.97. The third-order valence-electron chi connectivity index (χ3n) is 11.0. The smallest absolute Gasteiger partial charge is 0.265 e. The molecule has 1 saturated heterocycles. The molecule has 1 amide bonds. The molecule has 3 saturated carbocycles. The zero-order chi connectivity index (χ0) is 29.4. The van der Waals surface area contributed by atoms with Crippen molar-refractivity contribution in [3.05, 3.63) is 47.7 Å². The third kappa shape index (κ3) is 4.67. The van der Waals surface area contributed by atoms with E-state index in [0.717, 1.165) is 73.5 Å². The summed E-state index contributed by atoms with van der Waals surface area (Å²) in [4.78, 5) is 25.9. The van der Waals surface area contributed by atoms with Gasteiger partial charge in [0, 0.05) is 42.8 Å². The Labute approximate surface area is 257 Å². The van der Waals surface area contributed by atoms with Crippen LogP contribution < -0.4 is 19.7 Å². The normalized spacial score (nSPS) is 24.5. The molecule has 1 unspecified atom stereocenters. The van der Waals surface area contributed by atoms with Gasteiger partial charge in [-0.1, -0.05) is 6.07 Å². The van der Waals surface area contributed by atoms with Gasteiger partial charge in [0.15, 0.2) is 5.82 Å². The third-order valence-corrected chi connectivity index (χ3v) is 11.7. The van der Waals surface area contributed by atoms with E-state index in [1.54, 1.807) is 4.68 Å². The minimum atomic E-state index is -0.178. The van der Waals surface area contributed by atoms with Gasteiger partial charge in [-0.3, -0.25) is 9.52 Å². The number of nitrogens with zero attached hydrogens (tertiary/aromatic N) is 5. The van der Waals surface area contributed by atoms with E-state index in [-0.39, 0.29) is 11.4 Å². The molecule has 5 aliphatic rings. The molecule has 226 valence electrons. The molecular weight excluding hydrogens is 558 g/mol. The number of hydrogen-bond donors (Lipinski definition) is 2. The lowest BCUT2D eigenvalue weighted by molar-refractivity contribution is 0.0984. The summed E-state index contributed by atoms with van der Waals surface area (Å²) in [5, 5.41) is 8.96. The molecule has 1 atom stereocenters. The highest BCUT2D eigenvalue weighted by Crippen LogP contribution is 2.93. The van der Waals surface area contributed by atoms with E-state index < -0.39 is 0 Å². The van der Waals surface area contributed by atoms with Crippen molar-refractivity contribution in [2.45, 2.75) is 82.7 Å². The number of nitrogens with one attached hydrogen (secondary N) is 2. The van der Waals surface area contributed by atoms with Crippen LogP contribution in [0.4, 0.5) is 11.6 Å². The molecule has 3 aromatic rings. The molecule has 2 N–H and O–H groups in total. The van der Waals surface area contributed by atoms with E-state index in [2.05, 4.69) is 33.8 Å². The van der Waals surface area contributed by atoms with Crippen molar-refractivity contribution in [2.24, 2.45) is 22.7 Å². The zero-order valence-electron chi connectivity index (χ0n) is 25.4. The van der Waals surface area contributed by atoms with Crippen molar-refractivity contribution >= 4 is 29.5 Å². The molecule has 3 aliphatic carbocycles. The molecule has 3 aromatic heterocycles. The fraction of sp³-hybridized carbons (Fsp3) is 0.576. The summed E-state index contributed by atoms with van der Waals surface area (Å²) >= 11 is 1.23. The Morgan fingerprint density at radius 3 is 2.70 bits per heavy atom. The van der Waals surface area contributed by atoms with E-state index in [4.69, 9.17) is 14.8 Å². The van der Waals surface area contributed by atoms with Gasteiger partial charge in [-0.2, -0.15) is 0 Å². The van der Waals surface area contributed by atoms with Crippen LogP contribution in [0, 0.1) is 29.6 Å². The van der Waals surface area contributed by atoms with E-state index >= 15 is 0 Å². The largest absolute Gasteiger partial charge is 0.477 e. The molecule has 5 heterocycles. The monoisotopic (exact) mass is 599 g/mol. The topological polar surface area (TPSA) is 97.2 Å². The summed E-state index contributed by atoms with van der Waals surface area (Å²) in [6, 6.07) is 9.73. The van der Waals surface area contributed by atoms with Crippen LogP contribution in [0.1, 0.15) is 81.1 Å². The highest BCUT2D eigenvalue weighted by Gasteiger charge is 2.85. The van der Waals surface area contributed by atoms with Crippen LogP contribution in [0.15, 0.2) is 41.6 Å². The predicted molar refractivity (Wildman–Crippen MR) is 168 cm³/mol. The van der Waals surface area contributed by atoms with Crippen LogP contribution in [0.3, 0.4) is 0 Å². The van der Waals surface area contributed by atoms with Crippen molar-refractivity contribution in [1.82, 2.24) is 24.5 Å². The van der Waals surface area contributed by atoms with Crippen molar-refractivity contribution in [3.8, 4) is 11.7 Å². The fourth-order valence-electron chi connectivity index (χ4n) is 8.62. The van der Waals surface area contributed by atoms with Gasteiger partial charge < -0.3 is 15.0 Å². The summed E-state index contributed by atoms with van der Waals surface area (Å²) in [6.07, 6.45) is 12.0. The first kappa shape index (κ1) is 27.3. The van der Waals surface area contributed by atoms with Crippen molar-refractivity contribution < 1.29 is 9.53 Å². The molecule has 4 bridgehead atoms. The molecule has 4 fully saturated rings. The molecule has 0 radical (unpaired) electrons. The number of carbonyl (C=O) groups excluding carboxylic acids is 1. The van der Waals surface area contributed by atoms with Gasteiger partial charge >= 0.3 is 0 Å². The van der Waals surface area contributed by atoms with E-state index in [9.17, 15) is 4.79 Å². The number of rotatable bonds is 5. The number of aryl methyl sites for hydroxylation is 1. The summed E-state index contributed by atoms with van der Waals surface area (Å²) < 4.78 is 11.0. The summed E-state index contributed by atoms with van der Waals surface area (Å²) in [5.74, 6) is 4.09. The maximum atomic E-state index is 13.7. The minimum Gasteiger partial charge on any atom is -0.477 e. The fourth-order valence-corrected chi connectivity index (χ4v) is 9.22. The number of ether oxygens (including phenoxy) is 1. The van der Waals surface area contributed by atoms with Crippen molar-refractivity contribution in [3.63, 3.8) is 0 Å². The number of carbonyl (C=O) groups is 1. The zero-order valence-corrected chi connectivity index (χ0v) is 26.2. The van der Waals surface area contributed by atoms with Crippen LogP contribution in [0.5, 0.6) is 5.88 Å². The Hall–Kier alpha value is -3.27. The van der Waals surface area contributed by atoms with Crippen LogP contribution in [-0.4, -0.2) is 50.9 Å². The molecule has 8 rings (SSSR count). The second kappa shape index (κ2) is 9.87. The lowest BCUT2D eigenvalue weighted by atomic mass is 9.93. The van der Waals surface area contributed by atoms with Gasteiger partial charge in [-0.05, 0) is 119 Å². The first-order valence-electron chi connectivity index (χ1n) is 15.9. The maximum Gasteiger partial charge on any atom is 0.265 e. The van der Waals surface area contributed by atoms with Crippen LogP contribution in [0.25, 0.3) is 5.82 Å². The van der Waals surface area contributed by atoms with Gasteiger partial charge in [0.1, 0.15) is 16.7 Å². The molecule has 43 heavy (non-hydrogen) atoms. The average molecular weight is 600 g/mol. The second-order valence-electron chi connectivity index (χ2n) is 14.1. The summed E-state index contributed by atoms with van der Waals surface area (Å²) in [5.41, 5.74) is 2.73. The summed E-state index contributed by atoms with van der Waals surface area (Å²) in [7, 11) is 0. The number of fused-ring (bicyclic) bond motifs is 7. The Kier molecular flexibility index (Phi) is 6.27. The second-order valence-corrected chi connectivity index (χ2v) is 14.9. The number of anilines is 2. The molecule has 9 nitrogen and oxygen atoms in total. The van der Waals surface area contributed by atoms with Crippen molar-refractivity contribution in [2.75, 3.05) is 29.9 Å². The quantitative estimate of drug-likeness (QED) is 0.336. The SMILES string of the molecule is Cc1cc2c(nc1-n1ccc(OCCC3C4(CC4)C34CC4)n1)N1CC(CCCNc3cccc(n3)SNC2=O)CC1(C)C. The van der Waals surface area contributed by atoms with E-state index in [1.807, 2.05) is 43.5 Å². The minimum absolute atomic E-state index is 0.137.